The van der Waals surface area contributed by atoms with E-state index in [-0.39, 0.29) is 0 Å². The van der Waals surface area contributed by atoms with E-state index >= 15 is 0 Å². The zero-order valence-corrected chi connectivity index (χ0v) is 29.9. The monoisotopic (exact) mass is 702 g/mol. The molecule has 9 aromatic carbocycles. The molecule has 0 amide bonds. The van der Waals surface area contributed by atoms with E-state index in [0.29, 0.717) is 0 Å². The molecule has 0 fully saturated rings. The Morgan fingerprint density at radius 3 is 1.84 bits per heavy atom. The first-order valence-corrected chi connectivity index (χ1v) is 18.8. The maximum Gasteiger partial charge on any atom is 0.145 e. The maximum atomic E-state index is 6.81. The Bertz CT molecular complexity index is 3180. The Morgan fingerprint density at radius 1 is 0.382 bits per heavy atom. The van der Waals surface area contributed by atoms with Gasteiger partial charge in [0.25, 0.3) is 0 Å². The molecular formula is C52H34N2O. The van der Waals surface area contributed by atoms with Gasteiger partial charge in [-0.2, -0.15) is 0 Å². The van der Waals surface area contributed by atoms with E-state index in [0.717, 1.165) is 61.3 Å². The summed E-state index contributed by atoms with van der Waals surface area (Å²) in [4.78, 5) is 2.44. The highest BCUT2D eigenvalue weighted by Gasteiger charge is 2.25. The van der Waals surface area contributed by atoms with Crippen molar-refractivity contribution in [2.75, 3.05) is 4.90 Å². The second-order valence-electron chi connectivity index (χ2n) is 14.1. The summed E-state index contributed by atoms with van der Waals surface area (Å²) in [5.41, 5.74) is 13.0. The quantitative estimate of drug-likeness (QED) is 0.172. The van der Waals surface area contributed by atoms with Gasteiger partial charge in [0.05, 0.1) is 27.8 Å². The number of rotatable bonds is 6. The molecule has 0 atom stereocenters. The Balaban J connectivity index is 1.22. The van der Waals surface area contributed by atoms with E-state index in [1.165, 1.54) is 38.2 Å². The lowest BCUT2D eigenvalue weighted by atomic mass is 9.97. The number of anilines is 3. The number of hydrogen-bond donors (Lipinski definition) is 0. The average molecular weight is 703 g/mol. The molecule has 3 heteroatoms. The first-order chi connectivity index (χ1) is 27.3. The average Bonchev–Trinajstić information content (AvgIpc) is 3.82. The van der Waals surface area contributed by atoms with Gasteiger partial charge in [-0.25, -0.2) is 0 Å². The van der Waals surface area contributed by atoms with Crippen molar-refractivity contribution in [2.24, 2.45) is 0 Å². The zero-order valence-electron chi connectivity index (χ0n) is 29.9. The highest BCUT2D eigenvalue weighted by atomic mass is 16.3. The third-order valence-electron chi connectivity index (χ3n) is 11.0. The smallest absolute Gasteiger partial charge is 0.145 e. The van der Waals surface area contributed by atoms with Crippen molar-refractivity contribution in [2.45, 2.75) is 0 Å². The van der Waals surface area contributed by atoms with Gasteiger partial charge in [-0.05, 0) is 88.1 Å². The number of furan rings is 1. The molecule has 0 saturated carbocycles. The predicted octanol–water partition coefficient (Wildman–Crippen LogP) is 14.6. The summed E-state index contributed by atoms with van der Waals surface area (Å²) in [6, 6.07) is 73.8. The molecule has 258 valence electrons. The van der Waals surface area contributed by atoms with Gasteiger partial charge in [0.1, 0.15) is 11.2 Å². The number of para-hydroxylation sites is 3. The minimum atomic E-state index is 0.868. The molecule has 0 radical (unpaired) electrons. The third kappa shape index (κ3) is 4.98. The Morgan fingerprint density at radius 2 is 1.00 bits per heavy atom. The summed E-state index contributed by atoms with van der Waals surface area (Å²) in [6.07, 6.45) is 0. The van der Waals surface area contributed by atoms with Gasteiger partial charge in [-0.3, -0.25) is 0 Å². The first-order valence-electron chi connectivity index (χ1n) is 18.8. The molecule has 0 spiro atoms. The number of nitrogens with zero attached hydrogens (tertiary/aromatic N) is 2. The molecule has 0 aliphatic carbocycles. The minimum absolute atomic E-state index is 0.868. The molecule has 0 aliphatic heterocycles. The second-order valence-corrected chi connectivity index (χ2v) is 14.1. The number of hydrogen-bond acceptors (Lipinski definition) is 2. The summed E-state index contributed by atoms with van der Waals surface area (Å²) in [6.45, 7) is 0. The molecule has 55 heavy (non-hydrogen) atoms. The van der Waals surface area contributed by atoms with Crippen LogP contribution in [0.5, 0.6) is 0 Å². The van der Waals surface area contributed by atoms with E-state index in [4.69, 9.17) is 4.42 Å². The third-order valence-corrected chi connectivity index (χ3v) is 11.0. The van der Waals surface area contributed by atoms with Crippen LogP contribution in [0.3, 0.4) is 0 Å². The molecule has 0 aliphatic rings. The van der Waals surface area contributed by atoms with Gasteiger partial charge in [0.2, 0.25) is 0 Å². The van der Waals surface area contributed by atoms with Crippen LogP contribution in [-0.4, -0.2) is 4.57 Å². The van der Waals surface area contributed by atoms with Crippen molar-refractivity contribution in [3.63, 3.8) is 0 Å². The van der Waals surface area contributed by atoms with Gasteiger partial charge < -0.3 is 13.9 Å². The van der Waals surface area contributed by atoms with Crippen LogP contribution < -0.4 is 4.90 Å². The fourth-order valence-electron chi connectivity index (χ4n) is 8.56. The molecule has 2 aromatic heterocycles. The van der Waals surface area contributed by atoms with E-state index in [1.54, 1.807) is 0 Å². The molecule has 0 bridgehead atoms. The van der Waals surface area contributed by atoms with Crippen LogP contribution in [-0.2, 0) is 0 Å². The zero-order chi connectivity index (χ0) is 36.3. The Kier molecular flexibility index (Phi) is 7.17. The topological polar surface area (TPSA) is 21.3 Å². The summed E-state index contributed by atoms with van der Waals surface area (Å²) >= 11 is 0. The highest BCUT2D eigenvalue weighted by molar-refractivity contribution is 6.21. The molecule has 2 heterocycles. The van der Waals surface area contributed by atoms with Crippen LogP contribution in [0.15, 0.2) is 211 Å². The van der Waals surface area contributed by atoms with Crippen molar-refractivity contribution in [3.8, 4) is 27.9 Å². The number of aromatic nitrogens is 1. The summed E-state index contributed by atoms with van der Waals surface area (Å²) in [7, 11) is 0. The van der Waals surface area contributed by atoms with Gasteiger partial charge in [-0.15, -0.1) is 0 Å². The van der Waals surface area contributed by atoms with Gasteiger partial charge in [-0.1, -0.05) is 146 Å². The van der Waals surface area contributed by atoms with Gasteiger partial charge in [0.15, 0.2) is 0 Å². The number of fused-ring (bicyclic) bond motifs is 7. The van der Waals surface area contributed by atoms with E-state index < -0.39 is 0 Å². The maximum absolute atomic E-state index is 6.81. The molecule has 0 N–H and O–H groups in total. The normalized spacial score (nSPS) is 11.6. The van der Waals surface area contributed by atoms with Gasteiger partial charge in [0, 0.05) is 33.1 Å². The minimum Gasteiger partial charge on any atom is -0.455 e. The predicted molar refractivity (Wildman–Crippen MR) is 231 cm³/mol. The van der Waals surface area contributed by atoms with Crippen LogP contribution in [0.25, 0.3) is 82.5 Å². The Hall–Kier alpha value is -7.36. The lowest BCUT2D eigenvalue weighted by Gasteiger charge is -2.28. The molecule has 3 nitrogen and oxygen atoms in total. The fourth-order valence-corrected chi connectivity index (χ4v) is 8.56. The standard InChI is InChI=1S/C52H34N2O/c1-3-15-36(16-4-1)42-33-34-48(51-44-23-10-12-28-49(44)55-52(42)51)54(39-31-29-37(30-32-39)41-24-13-18-35-17-7-8-21-40(35)41)47-27-14-26-46-50(47)43-22-9-11-25-45(43)53(46)38-19-5-2-6-20-38/h1-34H. The van der Waals surface area contributed by atoms with Crippen molar-refractivity contribution < 1.29 is 4.42 Å². The Labute approximate surface area is 318 Å². The second kappa shape index (κ2) is 12.6. The molecule has 0 unspecified atom stereocenters. The van der Waals surface area contributed by atoms with E-state index in [9.17, 15) is 0 Å². The van der Waals surface area contributed by atoms with Crippen LogP contribution >= 0.6 is 0 Å². The van der Waals surface area contributed by atoms with Crippen LogP contribution in [0, 0.1) is 0 Å². The van der Waals surface area contributed by atoms with E-state index in [1.807, 2.05) is 0 Å². The molecular weight excluding hydrogens is 669 g/mol. The highest BCUT2D eigenvalue weighted by Crippen LogP contribution is 2.49. The lowest BCUT2D eigenvalue weighted by Crippen LogP contribution is -2.11. The first kappa shape index (κ1) is 31.2. The molecule has 11 rings (SSSR count). The van der Waals surface area contributed by atoms with Gasteiger partial charge >= 0.3 is 0 Å². The SMILES string of the molecule is c1ccc(-c2ccc(N(c3ccc(-c4cccc5ccccc45)cc3)c3cccc4c3c3ccccc3n4-c3ccccc3)c3c2oc2ccccc23)cc1. The fraction of sp³-hybridized carbons (Fsp3) is 0. The van der Waals surface area contributed by atoms with Crippen LogP contribution in [0.1, 0.15) is 0 Å². The van der Waals surface area contributed by atoms with Crippen molar-refractivity contribution in [1.82, 2.24) is 4.57 Å². The number of benzene rings is 9. The van der Waals surface area contributed by atoms with E-state index in [2.05, 4.69) is 216 Å². The largest absolute Gasteiger partial charge is 0.455 e. The van der Waals surface area contributed by atoms with Crippen LogP contribution in [0.4, 0.5) is 17.1 Å². The molecule has 0 saturated heterocycles. The lowest BCUT2D eigenvalue weighted by molar-refractivity contribution is 0.670. The van der Waals surface area contributed by atoms with Crippen molar-refractivity contribution in [3.05, 3.63) is 206 Å². The summed E-state index contributed by atoms with van der Waals surface area (Å²) in [5, 5.41) is 7.04. The summed E-state index contributed by atoms with van der Waals surface area (Å²) in [5.74, 6) is 0. The van der Waals surface area contributed by atoms with Crippen molar-refractivity contribution >= 4 is 71.6 Å². The molecule has 11 aromatic rings. The van der Waals surface area contributed by atoms with Crippen LogP contribution in [0.2, 0.25) is 0 Å². The summed E-state index contributed by atoms with van der Waals surface area (Å²) < 4.78 is 9.19. The van der Waals surface area contributed by atoms with Crippen molar-refractivity contribution in [1.29, 1.82) is 0 Å².